The standard InChI is InChI=1S/C7H12O.3C3H7O.Ti/c1-6-4-2-3-5-7(6)8;3*1-3(2)4;/h8H,2-5H2,1H3;3*3H,1-2H3;/q;3*-1;+4/p-1. The van der Waals surface area contributed by atoms with Gasteiger partial charge in [-0.05, 0) is 26.2 Å². The van der Waals surface area contributed by atoms with E-state index in [2.05, 4.69) is 0 Å². The van der Waals surface area contributed by atoms with E-state index in [1.807, 2.05) is 6.92 Å². The zero-order valence-corrected chi connectivity index (χ0v) is 16.3. The Labute approximate surface area is 146 Å². The maximum Gasteiger partial charge on any atom is 4.00 e. The summed E-state index contributed by atoms with van der Waals surface area (Å²) in [6.07, 6.45) is 2.92. The van der Waals surface area contributed by atoms with Crippen molar-refractivity contribution in [1.29, 1.82) is 0 Å². The van der Waals surface area contributed by atoms with Gasteiger partial charge in [0.2, 0.25) is 0 Å². The van der Waals surface area contributed by atoms with Crippen LogP contribution >= 0.6 is 0 Å². The molecule has 5 heteroatoms. The van der Waals surface area contributed by atoms with Crippen molar-refractivity contribution < 1.29 is 42.1 Å². The predicted octanol–water partition coefficient (Wildman–Crippen LogP) is 0.458. The molecule has 0 fully saturated rings. The van der Waals surface area contributed by atoms with Gasteiger partial charge in [0.25, 0.3) is 0 Å². The van der Waals surface area contributed by atoms with E-state index in [1.165, 1.54) is 6.42 Å². The summed E-state index contributed by atoms with van der Waals surface area (Å²) in [5, 5.41) is 39.3. The average Bonchev–Trinajstić information content (AvgIpc) is 2.20. The fourth-order valence-corrected chi connectivity index (χ4v) is 1.03. The first-order valence-corrected chi connectivity index (χ1v) is 7.33. The van der Waals surface area contributed by atoms with Gasteiger partial charge in [0.1, 0.15) is 0 Å². The molecule has 0 aromatic carbocycles. The minimum Gasteiger partial charge on any atom is -0.875 e. The molecule has 0 unspecified atom stereocenters. The van der Waals surface area contributed by atoms with Gasteiger partial charge in [-0.25, -0.2) is 0 Å². The molecule has 1 rings (SSSR count). The molecule has 0 amide bonds. The second kappa shape index (κ2) is 20.1. The fourth-order valence-electron chi connectivity index (χ4n) is 1.03. The molecule has 1 aliphatic carbocycles. The van der Waals surface area contributed by atoms with Crippen molar-refractivity contribution in [3.63, 3.8) is 0 Å². The molecule has 0 aromatic rings. The van der Waals surface area contributed by atoms with E-state index in [0.717, 1.165) is 24.8 Å². The van der Waals surface area contributed by atoms with Gasteiger partial charge in [0.05, 0.1) is 0 Å². The quantitative estimate of drug-likeness (QED) is 0.601. The van der Waals surface area contributed by atoms with Crippen LogP contribution < -0.4 is 20.4 Å². The molecule has 0 saturated heterocycles. The molecule has 0 saturated carbocycles. The van der Waals surface area contributed by atoms with E-state index in [1.54, 1.807) is 41.5 Å². The smallest absolute Gasteiger partial charge is 0.875 e. The number of hydrogen-bond acceptors (Lipinski definition) is 4. The molecule has 1 aliphatic rings. The maximum absolute atomic E-state index is 10.8. The minimum atomic E-state index is -0.417. The van der Waals surface area contributed by atoms with Crippen LogP contribution in [0.15, 0.2) is 11.3 Å². The second-order valence-corrected chi connectivity index (χ2v) is 5.56. The van der Waals surface area contributed by atoms with Crippen molar-refractivity contribution >= 4 is 0 Å². The summed E-state index contributed by atoms with van der Waals surface area (Å²) >= 11 is 0. The van der Waals surface area contributed by atoms with Gasteiger partial charge in [0.15, 0.2) is 0 Å². The van der Waals surface area contributed by atoms with Crippen molar-refractivity contribution in [1.82, 2.24) is 0 Å². The normalized spacial score (nSPS) is 13.4. The zero-order valence-electron chi connectivity index (χ0n) is 14.7. The summed E-state index contributed by atoms with van der Waals surface area (Å²) in [7, 11) is 0. The van der Waals surface area contributed by atoms with Gasteiger partial charge >= 0.3 is 21.7 Å². The van der Waals surface area contributed by atoms with E-state index >= 15 is 0 Å². The third kappa shape index (κ3) is 53.4. The Balaban J connectivity index is -0.0000000973. The molecule has 0 heterocycles. The van der Waals surface area contributed by atoms with Crippen LogP contribution in [0.5, 0.6) is 0 Å². The Morgan fingerprint density at radius 3 is 1.10 bits per heavy atom. The van der Waals surface area contributed by atoms with Gasteiger partial charge < -0.3 is 20.4 Å². The van der Waals surface area contributed by atoms with Crippen molar-refractivity contribution in [2.45, 2.75) is 92.5 Å². The molecular weight excluding hydrogens is 304 g/mol. The Hall–Kier alpha value is 0.134. The van der Waals surface area contributed by atoms with Gasteiger partial charge in [-0.1, -0.05) is 53.5 Å². The van der Waals surface area contributed by atoms with Crippen molar-refractivity contribution in [3.8, 4) is 0 Å². The first kappa shape index (κ1) is 29.2. The van der Waals surface area contributed by atoms with Gasteiger partial charge in [0, 0.05) is 0 Å². The molecule has 0 spiro atoms. The van der Waals surface area contributed by atoms with Crippen LogP contribution in [0, 0.1) is 0 Å². The second-order valence-electron chi connectivity index (χ2n) is 5.56. The summed E-state index contributed by atoms with van der Waals surface area (Å²) in [6, 6.07) is 0. The number of allylic oxidation sites excluding steroid dienone is 2. The largest absolute Gasteiger partial charge is 4.00 e. The van der Waals surface area contributed by atoms with E-state index in [0.29, 0.717) is 5.76 Å². The summed E-state index contributed by atoms with van der Waals surface area (Å²) in [5.41, 5.74) is 1.08. The molecule has 0 radical (unpaired) electrons. The molecule has 0 aliphatic heterocycles. The van der Waals surface area contributed by atoms with E-state index in [-0.39, 0.29) is 21.7 Å². The minimum absolute atomic E-state index is 0. The Morgan fingerprint density at radius 1 is 0.714 bits per heavy atom. The molecular formula is C16H32O4Ti. The molecule has 0 atom stereocenters. The third-order valence-electron chi connectivity index (χ3n) is 1.68. The first-order chi connectivity index (χ1) is 9.00. The summed E-state index contributed by atoms with van der Waals surface area (Å²) in [5.74, 6) is 0.385. The fraction of sp³-hybridized carbons (Fsp3) is 0.875. The van der Waals surface area contributed by atoms with Crippen molar-refractivity contribution in [2.75, 3.05) is 0 Å². The van der Waals surface area contributed by atoms with Crippen LogP contribution in [0.4, 0.5) is 0 Å². The van der Waals surface area contributed by atoms with Crippen LogP contribution in [-0.2, 0) is 21.7 Å². The SMILES string of the molecule is CC(C)[O-].CC(C)[O-].CC(C)[O-].CC1=C([O-])CCCC1.[Ti+4]. The molecule has 4 nitrogen and oxygen atoms in total. The summed E-state index contributed by atoms with van der Waals surface area (Å²) in [4.78, 5) is 0. The van der Waals surface area contributed by atoms with Crippen LogP contribution in [0.3, 0.4) is 0 Å². The summed E-state index contributed by atoms with van der Waals surface area (Å²) in [6.45, 7) is 11.6. The molecule has 0 aromatic heterocycles. The third-order valence-corrected chi connectivity index (χ3v) is 1.68. The first-order valence-electron chi connectivity index (χ1n) is 7.33. The molecule has 124 valence electrons. The zero-order chi connectivity index (χ0) is 16.7. The van der Waals surface area contributed by atoms with E-state index in [9.17, 15) is 20.4 Å². The topological polar surface area (TPSA) is 92.2 Å². The molecule has 0 bridgehead atoms. The Kier molecular flexibility index (Phi) is 28.0. The Morgan fingerprint density at radius 2 is 0.952 bits per heavy atom. The van der Waals surface area contributed by atoms with Crippen LogP contribution in [0.1, 0.15) is 74.1 Å². The summed E-state index contributed by atoms with van der Waals surface area (Å²) < 4.78 is 0. The van der Waals surface area contributed by atoms with Crippen LogP contribution in [-0.4, -0.2) is 18.3 Å². The van der Waals surface area contributed by atoms with Crippen molar-refractivity contribution in [3.05, 3.63) is 11.3 Å². The number of hydrogen-bond donors (Lipinski definition) is 0. The predicted molar refractivity (Wildman–Crippen MR) is 76.6 cm³/mol. The van der Waals surface area contributed by atoms with E-state index < -0.39 is 18.3 Å². The van der Waals surface area contributed by atoms with Gasteiger partial charge in [-0.2, -0.15) is 0 Å². The van der Waals surface area contributed by atoms with Crippen LogP contribution in [0.25, 0.3) is 0 Å². The van der Waals surface area contributed by atoms with Gasteiger partial charge in [-0.3, -0.25) is 0 Å². The Bertz CT molecular complexity index is 190. The monoisotopic (exact) mass is 336 g/mol. The van der Waals surface area contributed by atoms with Crippen molar-refractivity contribution in [2.24, 2.45) is 0 Å². The molecule has 0 N–H and O–H groups in total. The average molecular weight is 336 g/mol. The van der Waals surface area contributed by atoms with Gasteiger partial charge in [-0.15, -0.1) is 24.1 Å². The van der Waals surface area contributed by atoms with Crippen LogP contribution in [0.2, 0.25) is 0 Å². The number of rotatable bonds is 0. The van der Waals surface area contributed by atoms with E-state index in [4.69, 9.17) is 0 Å². The maximum atomic E-state index is 10.8. The molecule has 21 heavy (non-hydrogen) atoms.